The molecule has 0 unspecified atom stereocenters. The minimum Gasteiger partial charge on any atom is -0.466 e. The van der Waals surface area contributed by atoms with Crippen LogP contribution in [0.1, 0.15) is 137 Å². The van der Waals surface area contributed by atoms with Crippen LogP contribution in [0.3, 0.4) is 0 Å². The molecule has 31 heavy (non-hydrogen) atoms. The predicted octanol–water partition coefficient (Wildman–Crippen LogP) is 8.02. The molecule has 0 aliphatic heterocycles. The first-order chi connectivity index (χ1) is 14.8. The van der Waals surface area contributed by atoms with E-state index in [0.29, 0.717) is 26.1 Å². The van der Waals surface area contributed by atoms with Crippen molar-refractivity contribution in [2.24, 2.45) is 11.3 Å². The molecule has 0 fully saturated rings. The minimum absolute atomic E-state index is 0.0997. The number of hydrogen-bond acceptors (Lipinski definition) is 4. The first-order valence-electron chi connectivity index (χ1n) is 13.2. The van der Waals surface area contributed by atoms with Gasteiger partial charge in [-0.3, -0.25) is 9.59 Å². The summed E-state index contributed by atoms with van der Waals surface area (Å²) in [5.74, 6) is -0.199. The third-order valence-corrected chi connectivity index (χ3v) is 5.92. The lowest BCUT2D eigenvalue weighted by Gasteiger charge is -2.25. The largest absolute Gasteiger partial charge is 0.466 e. The van der Waals surface area contributed by atoms with Gasteiger partial charge in [0.2, 0.25) is 0 Å². The monoisotopic (exact) mass is 440 g/mol. The van der Waals surface area contributed by atoms with Gasteiger partial charge in [-0.25, -0.2) is 0 Å². The van der Waals surface area contributed by atoms with Gasteiger partial charge in [-0.05, 0) is 39.0 Å². The maximum Gasteiger partial charge on any atom is 0.311 e. The van der Waals surface area contributed by atoms with Crippen LogP contribution in [0.2, 0.25) is 0 Å². The van der Waals surface area contributed by atoms with Crippen LogP contribution < -0.4 is 0 Å². The van der Waals surface area contributed by atoms with Crippen LogP contribution in [0.4, 0.5) is 0 Å². The average Bonchev–Trinajstić information content (AvgIpc) is 2.71. The van der Waals surface area contributed by atoms with E-state index < -0.39 is 5.41 Å². The molecule has 0 aliphatic carbocycles. The molecular formula is C27H52O4. The summed E-state index contributed by atoms with van der Waals surface area (Å²) in [6, 6.07) is 0. The molecule has 0 heterocycles. The van der Waals surface area contributed by atoms with Gasteiger partial charge in [0, 0.05) is 6.42 Å². The number of ether oxygens (including phenoxy) is 2. The Morgan fingerprint density at radius 2 is 1.10 bits per heavy atom. The van der Waals surface area contributed by atoms with Crippen LogP contribution >= 0.6 is 0 Å². The topological polar surface area (TPSA) is 52.6 Å². The minimum atomic E-state index is -0.570. The lowest BCUT2D eigenvalue weighted by Crippen LogP contribution is -2.29. The zero-order valence-electron chi connectivity index (χ0n) is 21.4. The van der Waals surface area contributed by atoms with Crippen LogP contribution in [0.15, 0.2) is 0 Å². The number of unbranched alkanes of at least 4 members (excludes halogenated alkanes) is 12. The van der Waals surface area contributed by atoms with Gasteiger partial charge < -0.3 is 9.47 Å². The molecule has 0 aromatic carbocycles. The molecule has 0 aromatic rings. The number of carbonyl (C=O) groups is 2. The third-order valence-electron chi connectivity index (χ3n) is 5.92. The van der Waals surface area contributed by atoms with Crippen molar-refractivity contribution < 1.29 is 19.1 Å². The second kappa shape index (κ2) is 19.6. The van der Waals surface area contributed by atoms with Gasteiger partial charge in [-0.1, -0.05) is 97.8 Å². The highest BCUT2D eigenvalue weighted by atomic mass is 16.5. The molecule has 0 aromatic heterocycles. The zero-order valence-corrected chi connectivity index (χ0v) is 21.4. The molecule has 4 heteroatoms. The van der Waals surface area contributed by atoms with E-state index in [0.717, 1.165) is 25.7 Å². The van der Waals surface area contributed by atoms with E-state index in [4.69, 9.17) is 9.47 Å². The van der Waals surface area contributed by atoms with Crippen molar-refractivity contribution in [1.29, 1.82) is 0 Å². The Bertz CT molecular complexity index is 445. The fraction of sp³-hybridized carbons (Fsp3) is 0.926. The molecule has 0 radical (unpaired) electrons. The highest BCUT2D eigenvalue weighted by Gasteiger charge is 2.31. The molecule has 0 bridgehead atoms. The molecule has 0 rings (SSSR count). The molecule has 0 saturated carbocycles. The summed E-state index contributed by atoms with van der Waals surface area (Å²) >= 11 is 0. The van der Waals surface area contributed by atoms with Crippen molar-refractivity contribution in [3.05, 3.63) is 0 Å². The molecule has 0 saturated heterocycles. The smallest absolute Gasteiger partial charge is 0.311 e. The van der Waals surface area contributed by atoms with Crippen molar-refractivity contribution in [2.45, 2.75) is 137 Å². The van der Waals surface area contributed by atoms with E-state index in [1.54, 1.807) is 0 Å². The molecule has 0 aliphatic rings. The van der Waals surface area contributed by atoms with Gasteiger partial charge in [0.1, 0.15) is 0 Å². The van der Waals surface area contributed by atoms with Gasteiger partial charge in [0.15, 0.2) is 0 Å². The second-order valence-electron chi connectivity index (χ2n) is 10.00. The summed E-state index contributed by atoms with van der Waals surface area (Å²) in [6.45, 7) is 11.3. The molecule has 0 N–H and O–H groups in total. The lowest BCUT2D eigenvalue weighted by molar-refractivity contribution is -0.156. The van der Waals surface area contributed by atoms with E-state index in [9.17, 15) is 9.59 Å². The Kier molecular flexibility index (Phi) is 18.9. The highest BCUT2D eigenvalue weighted by molar-refractivity contribution is 5.76. The Hall–Kier alpha value is -1.06. The number of carbonyl (C=O) groups excluding carboxylic acids is 2. The third kappa shape index (κ3) is 18.2. The van der Waals surface area contributed by atoms with E-state index in [2.05, 4.69) is 13.8 Å². The number of esters is 2. The standard InChI is InChI=1S/C27H52O4/c1-6-8-10-12-14-15-17-19-21-31-26(29)27(4,5)23-24(3)22-25(28)30-20-18-16-13-11-9-7-2/h24H,6-23H2,1-5H3/t24-/m1/s1. The number of hydrogen-bond donors (Lipinski definition) is 0. The van der Waals surface area contributed by atoms with Crippen LogP contribution in [-0.4, -0.2) is 25.2 Å². The SMILES string of the molecule is CCCCCCCCCCOC(=O)C(C)(C)C[C@H](C)CC(=O)OCCCCCCCC. The second-order valence-corrected chi connectivity index (χ2v) is 10.00. The predicted molar refractivity (Wildman–Crippen MR) is 130 cm³/mol. The average molecular weight is 441 g/mol. The molecular weight excluding hydrogens is 388 g/mol. The van der Waals surface area contributed by atoms with Crippen LogP contribution in [0.5, 0.6) is 0 Å². The number of rotatable bonds is 21. The van der Waals surface area contributed by atoms with Crippen molar-refractivity contribution >= 4 is 11.9 Å². The van der Waals surface area contributed by atoms with Gasteiger partial charge in [-0.2, -0.15) is 0 Å². The maximum absolute atomic E-state index is 12.5. The van der Waals surface area contributed by atoms with Crippen LogP contribution in [-0.2, 0) is 19.1 Å². The van der Waals surface area contributed by atoms with E-state index in [1.807, 2.05) is 20.8 Å². The van der Waals surface area contributed by atoms with Gasteiger partial charge in [0.05, 0.1) is 18.6 Å². The Morgan fingerprint density at radius 1 is 0.677 bits per heavy atom. The van der Waals surface area contributed by atoms with Gasteiger partial charge >= 0.3 is 11.9 Å². The van der Waals surface area contributed by atoms with Crippen molar-refractivity contribution in [1.82, 2.24) is 0 Å². The molecule has 184 valence electrons. The van der Waals surface area contributed by atoms with Crippen molar-refractivity contribution in [3.63, 3.8) is 0 Å². The first-order valence-corrected chi connectivity index (χ1v) is 13.2. The zero-order chi connectivity index (χ0) is 23.4. The van der Waals surface area contributed by atoms with Crippen LogP contribution in [0.25, 0.3) is 0 Å². The van der Waals surface area contributed by atoms with Crippen molar-refractivity contribution in [2.75, 3.05) is 13.2 Å². The molecule has 0 spiro atoms. The first kappa shape index (κ1) is 29.9. The fourth-order valence-corrected chi connectivity index (χ4v) is 4.03. The Balaban J connectivity index is 3.86. The van der Waals surface area contributed by atoms with Gasteiger partial charge in [-0.15, -0.1) is 0 Å². The summed E-state index contributed by atoms with van der Waals surface area (Å²) in [6.07, 6.45) is 17.9. The normalized spacial score (nSPS) is 12.5. The highest BCUT2D eigenvalue weighted by Crippen LogP contribution is 2.29. The maximum atomic E-state index is 12.5. The molecule has 1 atom stereocenters. The van der Waals surface area contributed by atoms with E-state index >= 15 is 0 Å². The Labute approximate surface area is 193 Å². The summed E-state index contributed by atoms with van der Waals surface area (Å²) < 4.78 is 10.9. The molecule has 4 nitrogen and oxygen atoms in total. The fourth-order valence-electron chi connectivity index (χ4n) is 4.03. The van der Waals surface area contributed by atoms with E-state index in [1.165, 1.54) is 64.2 Å². The summed E-state index contributed by atoms with van der Waals surface area (Å²) in [5.41, 5.74) is -0.570. The quantitative estimate of drug-likeness (QED) is 0.134. The van der Waals surface area contributed by atoms with E-state index in [-0.39, 0.29) is 17.9 Å². The summed E-state index contributed by atoms with van der Waals surface area (Å²) in [7, 11) is 0. The lowest BCUT2D eigenvalue weighted by atomic mass is 9.82. The van der Waals surface area contributed by atoms with Crippen molar-refractivity contribution in [3.8, 4) is 0 Å². The summed E-state index contributed by atoms with van der Waals surface area (Å²) in [4.78, 5) is 24.5. The van der Waals surface area contributed by atoms with Gasteiger partial charge in [0.25, 0.3) is 0 Å². The summed E-state index contributed by atoms with van der Waals surface area (Å²) in [5, 5.41) is 0. The van der Waals surface area contributed by atoms with Crippen LogP contribution in [0, 0.1) is 11.3 Å². The molecule has 0 amide bonds. The Morgan fingerprint density at radius 3 is 1.58 bits per heavy atom.